The van der Waals surface area contributed by atoms with Crippen molar-refractivity contribution in [2.75, 3.05) is 0 Å². The van der Waals surface area contributed by atoms with Crippen LogP contribution in [-0.2, 0) is 12.8 Å². The summed E-state index contributed by atoms with van der Waals surface area (Å²) in [5.74, 6) is 0. The molecular weight excluding hydrogens is 280 g/mol. The molecule has 0 saturated heterocycles. The number of halogens is 2. The fourth-order valence-corrected chi connectivity index (χ4v) is 1.68. The summed E-state index contributed by atoms with van der Waals surface area (Å²) < 4.78 is 0. The van der Waals surface area contributed by atoms with Gasteiger partial charge in [0.15, 0.2) is 0 Å². The van der Waals surface area contributed by atoms with Gasteiger partial charge in [-0.05, 0) is 36.8 Å². The third-order valence-corrected chi connectivity index (χ3v) is 2.26. The molecule has 1 aliphatic carbocycles. The summed E-state index contributed by atoms with van der Waals surface area (Å²) in [7, 11) is 0. The van der Waals surface area contributed by atoms with Gasteiger partial charge in [0.25, 0.3) is 0 Å². The summed E-state index contributed by atoms with van der Waals surface area (Å²) in [6.07, 6.45) is 5.38. The first-order valence-electron chi connectivity index (χ1n) is 4.03. The minimum absolute atomic E-state index is 0. The van der Waals surface area contributed by atoms with Crippen LogP contribution in [0.4, 0.5) is 0 Å². The van der Waals surface area contributed by atoms with E-state index in [0.29, 0.717) is 0 Å². The van der Waals surface area contributed by atoms with Crippen LogP contribution in [0.1, 0.15) is 24.0 Å². The monoisotopic (exact) mass is 292 g/mol. The van der Waals surface area contributed by atoms with Gasteiger partial charge in [-0.3, -0.25) is 0 Å². The van der Waals surface area contributed by atoms with E-state index < -0.39 is 0 Å². The second-order valence-electron chi connectivity index (χ2n) is 2.98. The van der Waals surface area contributed by atoms with Gasteiger partial charge >= 0.3 is 0 Å². The molecule has 1 aliphatic rings. The lowest BCUT2D eigenvalue weighted by Gasteiger charge is -2.13. The quantitative estimate of drug-likeness (QED) is 0.684. The molecule has 0 bridgehead atoms. The highest BCUT2D eigenvalue weighted by atomic mass is 79.9. The average Bonchev–Trinajstić information content (AvgIpc) is 2.05. The minimum Gasteiger partial charge on any atom is -0.114 e. The van der Waals surface area contributed by atoms with Crippen LogP contribution in [0.2, 0.25) is 0 Å². The van der Waals surface area contributed by atoms with Gasteiger partial charge in [0.2, 0.25) is 0 Å². The van der Waals surface area contributed by atoms with E-state index in [0.717, 1.165) is 0 Å². The Bertz CT molecular complexity index is 208. The lowest BCUT2D eigenvalue weighted by molar-refractivity contribution is 0.685. The van der Waals surface area contributed by atoms with Crippen LogP contribution in [0.3, 0.4) is 0 Å². The van der Waals surface area contributed by atoms with E-state index in [-0.39, 0.29) is 34.0 Å². The van der Waals surface area contributed by atoms with Crippen molar-refractivity contribution in [1.82, 2.24) is 0 Å². The molecule has 2 rings (SSSR count). The van der Waals surface area contributed by atoms with Crippen molar-refractivity contribution in [2.45, 2.75) is 25.7 Å². The van der Waals surface area contributed by atoms with Gasteiger partial charge in [0.1, 0.15) is 0 Å². The lowest BCUT2D eigenvalue weighted by atomic mass is 9.92. The Morgan fingerprint density at radius 1 is 0.750 bits per heavy atom. The smallest absolute Gasteiger partial charge is 0.0276 e. The summed E-state index contributed by atoms with van der Waals surface area (Å²) in [5, 5.41) is 0. The van der Waals surface area contributed by atoms with E-state index in [1.54, 1.807) is 11.1 Å². The van der Waals surface area contributed by atoms with Crippen LogP contribution in [0.15, 0.2) is 24.3 Å². The second kappa shape index (κ2) is 5.76. The molecule has 0 unspecified atom stereocenters. The molecule has 2 heteroatoms. The molecule has 0 fully saturated rings. The molecule has 12 heavy (non-hydrogen) atoms. The standard InChI is InChI=1S/C10H12.2BrH/c1-2-6-10-8-4-3-7-9(10)5-1;;/h1-2,5-6H,3-4,7-8H2;2*1H. The van der Waals surface area contributed by atoms with Crippen molar-refractivity contribution < 1.29 is 0 Å². The highest BCUT2D eigenvalue weighted by Gasteiger charge is 2.05. The van der Waals surface area contributed by atoms with Gasteiger partial charge in [-0.1, -0.05) is 24.3 Å². The van der Waals surface area contributed by atoms with Crippen LogP contribution in [0.5, 0.6) is 0 Å². The number of rotatable bonds is 0. The van der Waals surface area contributed by atoms with Crippen molar-refractivity contribution in [2.24, 2.45) is 0 Å². The number of benzene rings is 1. The number of hydrogen-bond acceptors (Lipinski definition) is 0. The maximum Gasteiger partial charge on any atom is -0.0276 e. The molecule has 0 aliphatic heterocycles. The zero-order valence-electron chi connectivity index (χ0n) is 6.95. The Balaban J connectivity index is 0.000000605. The Labute approximate surface area is 94.9 Å². The first-order chi connectivity index (χ1) is 4.97. The molecule has 0 nitrogen and oxygen atoms in total. The first kappa shape index (κ1) is 12.2. The molecular formula is C10H14Br2. The van der Waals surface area contributed by atoms with Crippen LogP contribution in [-0.4, -0.2) is 0 Å². The average molecular weight is 294 g/mol. The van der Waals surface area contributed by atoms with E-state index in [2.05, 4.69) is 24.3 Å². The van der Waals surface area contributed by atoms with Crippen LogP contribution < -0.4 is 0 Å². The zero-order chi connectivity index (χ0) is 6.81. The third-order valence-electron chi connectivity index (χ3n) is 2.26. The topological polar surface area (TPSA) is 0 Å². The molecule has 0 spiro atoms. The predicted octanol–water partition coefficient (Wildman–Crippen LogP) is 3.72. The van der Waals surface area contributed by atoms with Crippen molar-refractivity contribution in [1.29, 1.82) is 0 Å². The van der Waals surface area contributed by atoms with E-state index in [4.69, 9.17) is 0 Å². The highest BCUT2D eigenvalue weighted by molar-refractivity contribution is 8.93. The van der Waals surface area contributed by atoms with Gasteiger partial charge in [-0.15, -0.1) is 34.0 Å². The highest BCUT2D eigenvalue weighted by Crippen LogP contribution is 2.19. The molecule has 0 amide bonds. The summed E-state index contributed by atoms with van der Waals surface area (Å²) in [6, 6.07) is 8.80. The van der Waals surface area contributed by atoms with Gasteiger partial charge in [-0.25, -0.2) is 0 Å². The van der Waals surface area contributed by atoms with Gasteiger partial charge in [-0.2, -0.15) is 0 Å². The van der Waals surface area contributed by atoms with Crippen LogP contribution >= 0.6 is 34.0 Å². The zero-order valence-corrected chi connectivity index (χ0v) is 10.4. The summed E-state index contributed by atoms with van der Waals surface area (Å²) >= 11 is 0. The van der Waals surface area contributed by atoms with E-state index in [1.165, 1.54) is 25.7 Å². The van der Waals surface area contributed by atoms with Crippen LogP contribution in [0.25, 0.3) is 0 Å². The van der Waals surface area contributed by atoms with Crippen molar-refractivity contribution in [3.8, 4) is 0 Å². The first-order valence-corrected chi connectivity index (χ1v) is 4.03. The fraction of sp³-hybridized carbons (Fsp3) is 0.400. The Kier molecular flexibility index (Phi) is 5.85. The van der Waals surface area contributed by atoms with Crippen molar-refractivity contribution >= 4 is 34.0 Å². The molecule has 0 heterocycles. The lowest BCUT2D eigenvalue weighted by Crippen LogP contribution is -2.00. The Morgan fingerprint density at radius 2 is 1.17 bits per heavy atom. The maximum absolute atomic E-state index is 2.26. The fourth-order valence-electron chi connectivity index (χ4n) is 1.68. The SMILES string of the molecule is Br.Br.c1ccc2c(c1)CCCC2. The molecule has 0 radical (unpaired) electrons. The number of hydrogen-bond donors (Lipinski definition) is 0. The molecule has 1 aromatic rings. The minimum atomic E-state index is 0. The molecule has 1 aromatic carbocycles. The summed E-state index contributed by atoms with van der Waals surface area (Å²) in [5.41, 5.74) is 3.16. The van der Waals surface area contributed by atoms with E-state index >= 15 is 0 Å². The molecule has 68 valence electrons. The largest absolute Gasteiger partial charge is 0.114 e. The molecule has 0 saturated carbocycles. The number of fused-ring (bicyclic) bond motifs is 1. The number of aryl methyl sites for hydroxylation is 2. The third kappa shape index (κ3) is 2.60. The maximum atomic E-state index is 2.26. The van der Waals surface area contributed by atoms with Gasteiger partial charge in [0.05, 0.1) is 0 Å². The summed E-state index contributed by atoms with van der Waals surface area (Å²) in [4.78, 5) is 0. The Morgan fingerprint density at radius 3 is 1.58 bits per heavy atom. The van der Waals surface area contributed by atoms with E-state index in [9.17, 15) is 0 Å². The van der Waals surface area contributed by atoms with E-state index in [1.807, 2.05) is 0 Å². The van der Waals surface area contributed by atoms with Crippen molar-refractivity contribution in [3.63, 3.8) is 0 Å². The van der Waals surface area contributed by atoms with Gasteiger partial charge in [0, 0.05) is 0 Å². The molecule has 0 N–H and O–H groups in total. The normalized spacial score (nSPS) is 13.7. The second-order valence-corrected chi connectivity index (χ2v) is 2.98. The Hall–Kier alpha value is 0.180. The summed E-state index contributed by atoms with van der Waals surface area (Å²) in [6.45, 7) is 0. The van der Waals surface area contributed by atoms with Gasteiger partial charge < -0.3 is 0 Å². The molecule has 0 atom stereocenters. The molecule has 0 aromatic heterocycles. The predicted molar refractivity (Wildman–Crippen MR) is 63.7 cm³/mol. The van der Waals surface area contributed by atoms with Crippen LogP contribution in [0, 0.1) is 0 Å². The van der Waals surface area contributed by atoms with Crippen molar-refractivity contribution in [3.05, 3.63) is 35.4 Å².